The second-order valence-corrected chi connectivity index (χ2v) is 8.61. The van der Waals surface area contributed by atoms with Crippen LogP contribution in [0.5, 0.6) is 0 Å². The number of anilines is 3. The van der Waals surface area contributed by atoms with Crippen molar-refractivity contribution in [1.82, 2.24) is 15.5 Å². The van der Waals surface area contributed by atoms with E-state index in [2.05, 4.69) is 37.9 Å². The van der Waals surface area contributed by atoms with E-state index in [4.69, 9.17) is 5.73 Å². The van der Waals surface area contributed by atoms with E-state index in [-0.39, 0.29) is 11.8 Å². The van der Waals surface area contributed by atoms with Crippen LogP contribution in [0.15, 0.2) is 54.6 Å². The quantitative estimate of drug-likeness (QED) is 0.267. The fourth-order valence-electron chi connectivity index (χ4n) is 4.11. The summed E-state index contributed by atoms with van der Waals surface area (Å²) in [6, 6.07) is 17.3. The summed E-state index contributed by atoms with van der Waals surface area (Å²) in [6.07, 6.45) is 5.30. The Kier molecular flexibility index (Phi) is 7.80. The number of carbonyl (C=O) groups excluding carboxylic acids is 2. The fraction of sp³-hybridized carbons (Fsp3) is 0.346. The number of H-pyrrole nitrogens is 1. The molecule has 0 aliphatic carbocycles. The van der Waals surface area contributed by atoms with Gasteiger partial charge in [-0.1, -0.05) is 30.7 Å². The zero-order valence-electron chi connectivity index (χ0n) is 19.3. The first-order chi connectivity index (χ1) is 16.6. The van der Waals surface area contributed by atoms with Crippen LogP contribution in [0.2, 0.25) is 0 Å². The van der Waals surface area contributed by atoms with Gasteiger partial charge in [-0.3, -0.25) is 14.7 Å². The SMILES string of the molecule is Nc1ccccc1NC(=O)CCCCCNC(=O)c1cc(-c2ccc(N3CCCC3)cc2)n[nH]1. The molecule has 1 saturated heterocycles. The molecule has 8 heteroatoms. The lowest BCUT2D eigenvalue weighted by atomic mass is 10.1. The second kappa shape index (κ2) is 11.4. The van der Waals surface area contributed by atoms with Crippen molar-refractivity contribution in [2.75, 3.05) is 35.6 Å². The summed E-state index contributed by atoms with van der Waals surface area (Å²) < 4.78 is 0. The summed E-state index contributed by atoms with van der Waals surface area (Å²) in [5.74, 6) is -0.231. The van der Waals surface area contributed by atoms with Gasteiger partial charge >= 0.3 is 0 Å². The predicted octanol–water partition coefficient (Wildman–Crippen LogP) is 4.19. The number of benzene rings is 2. The smallest absolute Gasteiger partial charge is 0.269 e. The Hall–Kier alpha value is -3.81. The molecule has 1 fully saturated rings. The van der Waals surface area contributed by atoms with Gasteiger partial charge in [0.25, 0.3) is 5.91 Å². The Morgan fingerprint density at radius 1 is 1.00 bits per heavy atom. The van der Waals surface area contributed by atoms with Crippen molar-refractivity contribution in [3.8, 4) is 11.3 Å². The maximum absolute atomic E-state index is 12.4. The van der Waals surface area contributed by atoms with Crippen molar-refractivity contribution in [2.24, 2.45) is 0 Å². The Bertz CT molecular complexity index is 1100. The standard InChI is InChI=1S/C26H32N6O2/c27-21-8-3-4-9-22(21)29-25(33)10-2-1-5-15-28-26(34)24-18-23(30-31-24)19-11-13-20(14-12-19)32-16-6-7-17-32/h3-4,8-9,11-14,18H,1-2,5-7,10,15-17,27H2,(H,28,34)(H,29,33)(H,30,31). The first kappa shape index (κ1) is 23.4. The Labute approximate surface area is 199 Å². The van der Waals surface area contributed by atoms with Crippen molar-refractivity contribution in [3.05, 3.63) is 60.3 Å². The van der Waals surface area contributed by atoms with Crippen LogP contribution in [0.3, 0.4) is 0 Å². The Balaban J connectivity index is 1.15. The number of nitrogen functional groups attached to an aromatic ring is 1. The van der Waals surface area contributed by atoms with Gasteiger partial charge in [0, 0.05) is 37.3 Å². The normalized spacial score (nSPS) is 13.1. The average molecular weight is 461 g/mol. The van der Waals surface area contributed by atoms with Crippen molar-refractivity contribution in [1.29, 1.82) is 0 Å². The van der Waals surface area contributed by atoms with Gasteiger partial charge in [-0.2, -0.15) is 5.10 Å². The van der Waals surface area contributed by atoms with Gasteiger partial charge < -0.3 is 21.3 Å². The van der Waals surface area contributed by atoms with Crippen LogP contribution in [0.4, 0.5) is 17.1 Å². The van der Waals surface area contributed by atoms with Crippen LogP contribution in [0.1, 0.15) is 49.0 Å². The van der Waals surface area contributed by atoms with E-state index in [1.807, 2.05) is 24.3 Å². The second-order valence-electron chi connectivity index (χ2n) is 8.61. The summed E-state index contributed by atoms with van der Waals surface area (Å²) in [5.41, 5.74) is 10.4. The van der Waals surface area contributed by atoms with E-state index >= 15 is 0 Å². The van der Waals surface area contributed by atoms with Crippen LogP contribution >= 0.6 is 0 Å². The molecule has 1 aliphatic rings. The van der Waals surface area contributed by atoms with E-state index in [0.29, 0.717) is 30.0 Å². The summed E-state index contributed by atoms with van der Waals surface area (Å²) in [7, 11) is 0. The number of para-hydroxylation sites is 2. The topological polar surface area (TPSA) is 116 Å². The molecule has 0 spiro atoms. The molecular weight excluding hydrogens is 428 g/mol. The first-order valence-electron chi connectivity index (χ1n) is 11.9. The molecule has 3 aromatic rings. The monoisotopic (exact) mass is 460 g/mol. The number of nitrogens with zero attached hydrogens (tertiary/aromatic N) is 2. The maximum Gasteiger partial charge on any atom is 0.269 e. The van der Waals surface area contributed by atoms with Crippen molar-refractivity contribution in [2.45, 2.75) is 38.5 Å². The molecule has 0 bridgehead atoms. The van der Waals surface area contributed by atoms with E-state index < -0.39 is 0 Å². The van der Waals surface area contributed by atoms with Gasteiger partial charge in [0.05, 0.1) is 17.1 Å². The minimum absolute atomic E-state index is 0.0552. The van der Waals surface area contributed by atoms with Crippen molar-refractivity contribution in [3.63, 3.8) is 0 Å². The summed E-state index contributed by atoms with van der Waals surface area (Å²) in [4.78, 5) is 26.9. The van der Waals surface area contributed by atoms with Gasteiger partial charge in [0.1, 0.15) is 5.69 Å². The summed E-state index contributed by atoms with van der Waals surface area (Å²) in [6.45, 7) is 2.77. The minimum Gasteiger partial charge on any atom is -0.397 e. The van der Waals surface area contributed by atoms with Crippen LogP contribution in [-0.4, -0.2) is 41.6 Å². The molecule has 0 atom stereocenters. The number of carbonyl (C=O) groups is 2. The number of amides is 2. The molecule has 178 valence electrons. The summed E-state index contributed by atoms with van der Waals surface area (Å²) >= 11 is 0. The molecule has 0 saturated carbocycles. The van der Waals surface area contributed by atoms with Crippen LogP contribution in [0.25, 0.3) is 11.3 Å². The largest absolute Gasteiger partial charge is 0.397 e. The molecule has 5 N–H and O–H groups in total. The zero-order chi connectivity index (χ0) is 23.8. The molecule has 4 rings (SSSR count). The molecule has 1 aliphatic heterocycles. The molecule has 8 nitrogen and oxygen atoms in total. The number of aromatic nitrogens is 2. The first-order valence-corrected chi connectivity index (χ1v) is 11.9. The van der Waals surface area contributed by atoms with Gasteiger partial charge in [0.2, 0.25) is 5.91 Å². The van der Waals surface area contributed by atoms with Gasteiger partial charge in [-0.25, -0.2) is 0 Å². The molecule has 1 aromatic heterocycles. The molecule has 0 unspecified atom stereocenters. The van der Waals surface area contributed by atoms with E-state index in [0.717, 1.165) is 43.6 Å². The number of rotatable bonds is 10. The van der Waals surface area contributed by atoms with Crippen LogP contribution < -0.4 is 21.3 Å². The maximum atomic E-state index is 12.4. The number of unbranched alkanes of at least 4 members (excludes halogenated alkanes) is 2. The highest BCUT2D eigenvalue weighted by Crippen LogP contribution is 2.24. The highest BCUT2D eigenvalue weighted by molar-refractivity contribution is 5.94. The van der Waals surface area contributed by atoms with E-state index in [9.17, 15) is 9.59 Å². The third-order valence-corrected chi connectivity index (χ3v) is 6.06. The van der Waals surface area contributed by atoms with Crippen LogP contribution in [0, 0.1) is 0 Å². The highest BCUT2D eigenvalue weighted by Gasteiger charge is 2.14. The Morgan fingerprint density at radius 2 is 1.76 bits per heavy atom. The molecule has 2 aromatic carbocycles. The molecule has 0 radical (unpaired) electrons. The highest BCUT2D eigenvalue weighted by atomic mass is 16.2. The number of nitrogens with one attached hydrogen (secondary N) is 3. The van der Waals surface area contributed by atoms with E-state index in [1.54, 1.807) is 18.2 Å². The summed E-state index contributed by atoms with van der Waals surface area (Å²) in [5, 5.41) is 12.9. The van der Waals surface area contributed by atoms with Gasteiger partial charge in [-0.15, -0.1) is 0 Å². The lowest BCUT2D eigenvalue weighted by molar-refractivity contribution is -0.116. The molecule has 2 heterocycles. The number of aromatic amines is 1. The lowest BCUT2D eigenvalue weighted by Gasteiger charge is -2.17. The Morgan fingerprint density at radius 3 is 2.53 bits per heavy atom. The molecule has 2 amide bonds. The zero-order valence-corrected chi connectivity index (χ0v) is 19.3. The number of nitrogens with two attached hydrogens (primary N) is 1. The third-order valence-electron chi connectivity index (χ3n) is 6.06. The van der Waals surface area contributed by atoms with Crippen molar-refractivity contribution < 1.29 is 9.59 Å². The lowest BCUT2D eigenvalue weighted by Crippen LogP contribution is -2.24. The molecule has 34 heavy (non-hydrogen) atoms. The predicted molar refractivity (Wildman–Crippen MR) is 136 cm³/mol. The molecular formula is C26H32N6O2. The van der Waals surface area contributed by atoms with Crippen molar-refractivity contribution >= 4 is 28.9 Å². The van der Waals surface area contributed by atoms with Gasteiger partial charge in [0.15, 0.2) is 0 Å². The van der Waals surface area contributed by atoms with Crippen LogP contribution in [-0.2, 0) is 4.79 Å². The fourth-order valence-corrected chi connectivity index (χ4v) is 4.11. The number of hydrogen-bond acceptors (Lipinski definition) is 5. The van der Waals surface area contributed by atoms with Gasteiger partial charge in [-0.05, 0) is 56.0 Å². The minimum atomic E-state index is -0.176. The van der Waals surface area contributed by atoms with E-state index in [1.165, 1.54) is 18.5 Å². The average Bonchev–Trinajstić information content (AvgIpc) is 3.56. The number of hydrogen-bond donors (Lipinski definition) is 4. The third kappa shape index (κ3) is 6.15.